The maximum absolute atomic E-state index is 6.20. The lowest BCUT2D eigenvalue weighted by molar-refractivity contribution is -0.142. The van der Waals surface area contributed by atoms with Crippen molar-refractivity contribution < 1.29 is 9.47 Å². The second kappa shape index (κ2) is 7.23. The van der Waals surface area contributed by atoms with Crippen molar-refractivity contribution in [3.63, 3.8) is 0 Å². The number of aryl methyl sites for hydroxylation is 1. The van der Waals surface area contributed by atoms with Crippen LogP contribution in [0.5, 0.6) is 0 Å². The normalized spacial score (nSPS) is 27.9. The molecule has 0 aliphatic carbocycles. The average molecular weight is 322 g/mol. The molecule has 0 amide bonds. The van der Waals surface area contributed by atoms with Gasteiger partial charge in [-0.25, -0.2) is 0 Å². The molecule has 1 aromatic heterocycles. The van der Waals surface area contributed by atoms with Crippen molar-refractivity contribution in [2.75, 3.05) is 52.5 Å². The van der Waals surface area contributed by atoms with Crippen LogP contribution in [-0.4, -0.2) is 67.9 Å². The van der Waals surface area contributed by atoms with Crippen molar-refractivity contribution in [2.45, 2.75) is 19.1 Å². The van der Waals surface area contributed by atoms with Gasteiger partial charge in [-0.1, -0.05) is 6.08 Å². The van der Waals surface area contributed by atoms with Crippen molar-refractivity contribution >= 4 is 11.3 Å². The summed E-state index contributed by atoms with van der Waals surface area (Å²) in [6.07, 6.45) is 1.97. The Hall–Kier alpha value is -0.720. The zero-order valence-corrected chi connectivity index (χ0v) is 14.2. The molecule has 122 valence electrons. The van der Waals surface area contributed by atoms with E-state index in [-0.39, 0.29) is 5.60 Å². The van der Waals surface area contributed by atoms with Gasteiger partial charge in [0, 0.05) is 49.0 Å². The summed E-state index contributed by atoms with van der Waals surface area (Å²) < 4.78 is 12.0. The minimum atomic E-state index is -0.190. The molecular formula is C17H26N2O2S. The van der Waals surface area contributed by atoms with Gasteiger partial charge in [-0.3, -0.25) is 9.80 Å². The Labute approximate surface area is 137 Å². The molecule has 1 aromatic rings. The minimum Gasteiger partial charge on any atom is -0.377 e. The predicted octanol–water partition coefficient (Wildman–Crippen LogP) is 2.15. The van der Waals surface area contributed by atoms with Gasteiger partial charge in [-0.2, -0.15) is 0 Å². The molecule has 0 aromatic carbocycles. The highest BCUT2D eigenvalue weighted by Crippen LogP contribution is 2.25. The first kappa shape index (κ1) is 16.1. The fraction of sp³-hybridized carbons (Fsp3) is 0.647. The molecular weight excluding hydrogens is 296 g/mol. The number of hydrogen-bond acceptors (Lipinski definition) is 5. The van der Waals surface area contributed by atoms with E-state index in [1.54, 1.807) is 0 Å². The van der Waals surface area contributed by atoms with E-state index in [0.29, 0.717) is 6.61 Å². The second-order valence-corrected chi connectivity index (χ2v) is 7.70. The molecule has 22 heavy (non-hydrogen) atoms. The van der Waals surface area contributed by atoms with Crippen LogP contribution in [0.15, 0.2) is 24.8 Å². The highest BCUT2D eigenvalue weighted by atomic mass is 32.1. The van der Waals surface area contributed by atoms with Gasteiger partial charge in [0.15, 0.2) is 0 Å². The Morgan fingerprint density at radius 2 is 2.09 bits per heavy atom. The first-order valence-electron chi connectivity index (χ1n) is 8.02. The van der Waals surface area contributed by atoms with Crippen LogP contribution in [0.2, 0.25) is 0 Å². The summed E-state index contributed by atoms with van der Waals surface area (Å²) in [7, 11) is 0. The summed E-state index contributed by atoms with van der Waals surface area (Å²) in [5.74, 6) is 0. The largest absolute Gasteiger partial charge is 0.377 e. The molecule has 2 fully saturated rings. The van der Waals surface area contributed by atoms with E-state index in [1.807, 2.05) is 17.4 Å². The van der Waals surface area contributed by atoms with E-state index in [4.69, 9.17) is 9.47 Å². The third kappa shape index (κ3) is 3.97. The Balaban J connectivity index is 1.66. The summed E-state index contributed by atoms with van der Waals surface area (Å²) in [5.41, 5.74) is -0.190. The SMILES string of the molecule is C=CCN1CCOC[C@@]2(C1)CN(Cc1ccc(C)s1)CCO2. The molecule has 2 saturated heterocycles. The minimum absolute atomic E-state index is 0.190. The molecule has 1 atom stereocenters. The summed E-state index contributed by atoms with van der Waals surface area (Å²) in [5, 5.41) is 0. The Kier molecular flexibility index (Phi) is 5.31. The predicted molar refractivity (Wildman–Crippen MR) is 90.5 cm³/mol. The van der Waals surface area contributed by atoms with Gasteiger partial charge in [0.25, 0.3) is 0 Å². The van der Waals surface area contributed by atoms with Gasteiger partial charge in [-0.05, 0) is 19.1 Å². The lowest BCUT2D eigenvalue weighted by Gasteiger charge is -2.43. The van der Waals surface area contributed by atoms with Crippen LogP contribution < -0.4 is 0 Å². The first-order valence-corrected chi connectivity index (χ1v) is 8.83. The number of thiophene rings is 1. The van der Waals surface area contributed by atoms with E-state index in [0.717, 1.165) is 52.5 Å². The van der Waals surface area contributed by atoms with Crippen molar-refractivity contribution in [3.05, 3.63) is 34.5 Å². The van der Waals surface area contributed by atoms with E-state index in [1.165, 1.54) is 9.75 Å². The van der Waals surface area contributed by atoms with Gasteiger partial charge >= 0.3 is 0 Å². The molecule has 3 rings (SSSR count). The van der Waals surface area contributed by atoms with Crippen LogP contribution in [0.1, 0.15) is 9.75 Å². The van der Waals surface area contributed by atoms with E-state index >= 15 is 0 Å². The standard InChI is InChI=1S/C17H26N2O2S/c1-3-6-18-7-9-20-14-17(12-18)13-19(8-10-21-17)11-16-5-4-15(2)22-16/h3-5H,1,6-14H2,2H3/t17-/m1/s1. The quantitative estimate of drug-likeness (QED) is 0.793. The van der Waals surface area contributed by atoms with Crippen LogP contribution in [0, 0.1) is 6.92 Å². The molecule has 5 heteroatoms. The molecule has 0 radical (unpaired) electrons. The highest BCUT2D eigenvalue weighted by Gasteiger charge is 2.40. The zero-order valence-electron chi connectivity index (χ0n) is 13.4. The van der Waals surface area contributed by atoms with Crippen molar-refractivity contribution in [3.8, 4) is 0 Å². The summed E-state index contributed by atoms with van der Waals surface area (Å²) in [6, 6.07) is 4.45. The maximum atomic E-state index is 6.20. The molecule has 2 aliphatic heterocycles. The van der Waals surface area contributed by atoms with Crippen LogP contribution in [-0.2, 0) is 16.0 Å². The number of hydrogen-bond donors (Lipinski definition) is 0. The van der Waals surface area contributed by atoms with Crippen molar-refractivity contribution in [1.29, 1.82) is 0 Å². The van der Waals surface area contributed by atoms with Crippen LogP contribution in [0.3, 0.4) is 0 Å². The Bertz CT molecular complexity index is 505. The van der Waals surface area contributed by atoms with Gasteiger partial charge in [0.1, 0.15) is 5.60 Å². The topological polar surface area (TPSA) is 24.9 Å². The smallest absolute Gasteiger partial charge is 0.117 e. The average Bonchev–Trinajstić information content (AvgIpc) is 2.79. The fourth-order valence-electron chi connectivity index (χ4n) is 3.35. The summed E-state index contributed by atoms with van der Waals surface area (Å²) in [6.45, 7) is 14.0. The monoisotopic (exact) mass is 322 g/mol. The van der Waals surface area contributed by atoms with Crippen LogP contribution >= 0.6 is 11.3 Å². The molecule has 0 N–H and O–H groups in total. The van der Waals surface area contributed by atoms with Gasteiger partial charge < -0.3 is 9.47 Å². The molecule has 0 saturated carbocycles. The Morgan fingerprint density at radius 3 is 2.86 bits per heavy atom. The van der Waals surface area contributed by atoms with Crippen molar-refractivity contribution in [2.24, 2.45) is 0 Å². The third-order valence-corrected chi connectivity index (χ3v) is 5.30. The first-order chi connectivity index (χ1) is 10.7. The number of nitrogens with zero attached hydrogens (tertiary/aromatic N) is 2. The zero-order chi connectivity index (χ0) is 15.4. The highest BCUT2D eigenvalue weighted by molar-refractivity contribution is 7.11. The van der Waals surface area contributed by atoms with E-state index in [9.17, 15) is 0 Å². The second-order valence-electron chi connectivity index (χ2n) is 6.33. The van der Waals surface area contributed by atoms with Crippen molar-refractivity contribution in [1.82, 2.24) is 9.80 Å². The molecule has 0 bridgehead atoms. The fourth-order valence-corrected chi connectivity index (χ4v) is 4.29. The maximum Gasteiger partial charge on any atom is 0.117 e. The van der Waals surface area contributed by atoms with E-state index < -0.39 is 0 Å². The summed E-state index contributed by atoms with van der Waals surface area (Å²) in [4.78, 5) is 7.72. The third-order valence-electron chi connectivity index (χ3n) is 4.32. The summed E-state index contributed by atoms with van der Waals surface area (Å²) >= 11 is 1.89. The van der Waals surface area contributed by atoms with Gasteiger partial charge in [0.05, 0.1) is 19.8 Å². The van der Waals surface area contributed by atoms with Crippen LogP contribution in [0.4, 0.5) is 0 Å². The Morgan fingerprint density at radius 1 is 1.27 bits per heavy atom. The van der Waals surface area contributed by atoms with Crippen LogP contribution in [0.25, 0.3) is 0 Å². The molecule has 2 aliphatic rings. The molecule has 0 unspecified atom stereocenters. The van der Waals surface area contributed by atoms with Gasteiger partial charge in [0.2, 0.25) is 0 Å². The lowest BCUT2D eigenvalue weighted by Crippen LogP contribution is -2.58. The van der Waals surface area contributed by atoms with Gasteiger partial charge in [-0.15, -0.1) is 17.9 Å². The molecule has 4 nitrogen and oxygen atoms in total. The number of morpholine rings is 1. The lowest BCUT2D eigenvalue weighted by atomic mass is 10.0. The number of rotatable bonds is 4. The molecule has 1 spiro atoms. The number of ether oxygens (including phenoxy) is 2. The van der Waals surface area contributed by atoms with E-state index in [2.05, 4.69) is 35.4 Å². The molecule has 3 heterocycles.